The molecule has 0 unspecified atom stereocenters. The van der Waals surface area contributed by atoms with Gasteiger partial charge in [-0.25, -0.2) is 4.79 Å². The van der Waals surface area contributed by atoms with Crippen LogP contribution < -0.4 is 10.5 Å². The smallest absolute Gasteiger partial charge is 0.337 e. The molecule has 0 fully saturated rings. The van der Waals surface area contributed by atoms with Gasteiger partial charge >= 0.3 is 5.97 Å². The molecule has 0 heterocycles. The van der Waals surface area contributed by atoms with Crippen molar-refractivity contribution < 1.29 is 14.3 Å². The average molecular weight is 289 g/mol. The lowest BCUT2D eigenvalue weighted by molar-refractivity contribution is 0.0600. The van der Waals surface area contributed by atoms with Gasteiger partial charge < -0.3 is 15.2 Å². The second-order valence-electron chi connectivity index (χ2n) is 4.02. The van der Waals surface area contributed by atoms with E-state index in [0.717, 1.165) is 9.79 Å². The van der Waals surface area contributed by atoms with Crippen molar-refractivity contribution in [2.24, 2.45) is 0 Å². The summed E-state index contributed by atoms with van der Waals surface area (Å²) in [4.78, 5) is 13.4. The summed E-state index contributed by atoms with van der Waals surface area (Å²) in [7, 11) is 2.96. The lowest BCUT2D eigenvalue weighted by Crippen LogP contribution is -2.00. The largest absolute Gasteiger partial charge is 0.495 e. The van der Waals surface area contributed by atoms with Crippen molar-refractivity contribution in [3.63, 3.8) is 0 Å². The van der Waals surface area contributed by atoms with Gasteiger partial charge in [0.1, 0.15) is 5.75 Å². The molecule has 0 saturated heterocycles. The molecular formula is C15H15NO3S. The van der Waals surface area contributed by atoms with Crippen LogP contribution >= 0.6 is 11.8 Å². The van der Waals surface area contributed by atoms with Crippen LogP contribution in [0.1, 0.15) is 10.4 Å². The Morgan fingerprint density at radius 2 is 1.70 bits per heavy atom. The molecule has 20 heavy (non-hydrogen) atoms. The lowest BCUT2D eigenvalue weighted by atomic mass is 10.2. The average Bonchev–Trinajstić information content (AvgIpc) is 2.49. The highest BCUT2D eigenvalue weighted by molar-refractivity contribution is 7.99. The van der Waals surface area contributed by atoms with Gasteiger partial charge in [-0.15, -0.1) is 0 Å². The number of nitrogens with two attached hydrogens (primary N) is 1. The molecule has 2 N–H and O–H groups in total. The van der Waals surface area contributed by atoms with Gasteiger partial charge in [0.2, 0.25) is 0 Å². The molecule has 0 aromatic heterocycles. The Kier molecular flexibility index (Phi) is 4.53. The van der Waals surface area contributed by atoms with Gasteiger partial charge in [0, 0.05) is 9.79 Å². The van der Waals surface area contributed by atoms with Gasteiger partial charge in [-0.1, -0.05) is 11.8 Å². The van der Waals surface area contributed by atoms with Crippen LogP contribution in [0.4, 0.5) is 5.69 Å². The van der Waals surface area contributed by atoms with Crippen molar-refractivity contribution in [1.29, 1.82) is 0 Å². The highest BCUT2D eigenvalue weighted by Crippen LogP contribution is 2.32. The third-order valence-corrected chi connectivity index (χ3v) is 3.71. The third-order valence-electron chi connectivity index (χ3n) is 2.72. The number of esters is 1. The molecule has 0 atom stereocenters. The van der Waals surface area contributed by atoms with E-state index >= 15 is 0 Å². The van der Waals surface area contributed by atoms with Gasteiger partial charge in [0.25, 0.3) is 0 Å². The minimum absolute atomic E-state index is 0.337. The number of ether oxygens (including phenoxy) is 2. The number of carbonyl (C=O) groups excluding carboxylic acids is 1. The van der Waals surface area contributed by atoms with E-state index in [0.29, 0.717) is 17.0 Å². The molecule has 0 amide bonds. The number of benzene rings is 2. The fourth-order valence-electron chi connectivity index (χ4n) is 1.67. The summed E-state index contributed by atoms with van der Waals surface area (Å²) >= 11 is 1.57. The predicted molar refractivity (Wildman–Crippen MR) is 79.3 cm³/mol. The number of hydrogen-bond donors (Lipinski definition) is 1. The van der Waals surface area contributed by atoms with Crippen LogP contribution in [-0.2, 0) is 4.74 Å². The SMILES string of the molecule is COC(=O)c1ccc(Sc2ccc(N)c(OC)c2)cc1. The molecule has 5 heteroatoms. The van der Waals surface area contributed by atoms with Crippen molar-refractivity contribution in [2.45, 2.75) is 9.79 Å². The van der Waals surface area contributed by atoms with Gasteiger partial charge in [0.15, 0.2) is 0 Å². The number of hydrogen-bond acceptors (Lipinski definition) is 5. The molecule has 0 spiro atoms. The summed E-state index contributed by atoms with van der Waals surface area (Å²) in [6, 6.07) is 12.8. The normalized spacial score (nSPS) is 10.1. The third kappa shape index (κ3) is 3.24. The monoisotopic (exact) mass is 289 g/mol. The van der Waals surface area contributed by atoms with E-state index in [4.69, 9.17) is 10.5 Å². The Hall–Kier alpha value is -2.14. The van der Waals surface area contributed by atoms with Crippen LogP contribution in [0, 0.1) is 0 Å². The predicted octanol–water partition coefficient (Wildman–Crippen LogP) is 3.22. The van der Waals surface area contributed by atoms with Crippen LogP contribution in [0.2, 0.25) is 0 Å². The molecule has 0 radical (unpaired) electrons. The fraction of sp³-hybridized carbons (Fsp3) is 0.133. The van der Waals surface area contributed by atoms with Crippen molar-refractivity contribution >= 4 is 23.4 Å². The second-order valence-corrected chi connectivity index (χ2v) is 5.17. The first kappa shape index (κ1) is 14.3. The Labute approximate surface area is 121 Å². The topological polar surface area (TPSA) is 61.5 Å². The summed E-state index contributed by atoms with van der Waals surface area (Å²) in [5.41, 5.74) is 6.92. The van der Waals surface area contributed by atoms with Crippen LogP contribution in [0.3, 0.4) is 0 Å². The standard InChI is InChI=1S/C15H15NO3S/c1-18-14-9-12(7-8-13(14)16)20-11-5-3-10(4-6-11)15(17)19-2/h3-9H,16H2,1-2H3. The van der Waals surface area contributed by atoms with E-state index < -0.39 is 0 Å². The molecular weight excluding hydrogens is 274 g/mol. The zero-order valence-electron chi connectivity index (χ0n) is 11.3. The van der Waals surface area contributed by atoms with Crippen molar-refractivity contribution in [3.05, 3.63) is 48.0 Å². The van der Waals surface area contributed by atoms with Crippen molar-refractivity contribution in [1.82, 2.24) is 0 Å². The second kappa shape index (κ2) is 6.34. The van der Waals surface area contributed by atoms with Crippen LogP contribution in [0.25, 0.3) is 0 Å². The molecule has 2 aromatic rings. The molecule has 2 aromatic carbocycles. The maximum absolute atomic E-state index is 11.3. The molecule has 2 rings (SSSR count). The minimum atomic E-state index is -0.337. The van der Waals surface area contributed by atoms with E-state index in [1.807, 2.05) is 30.3 Å². The minimum Gasteiger partial charge on any atom is -0.495 e. The zero-order chi connectivity index (χ0) is 14.5. The zero-order valence-corrected chi connectivity index (χ0v) is 12.1. The first-order valence-electron chi connectivity index (χ1n) is 5.94. The number of carbonyl (C=O) groups is 1. The Bertz CT molecular complexity index is 611. The van der Waals surface area contributed by atoms with E-state index in [2.05, 4.69) is 4.74 Å². The first-order chi connectivity index (χ1) is 9.63. The molecule has 104 valence electrons. The molecule has 0 bridgehead atoms. The number of methoxy groups -OCH3 is 2. The van der Waals surface area contributed by atoms with E-state index in [9.17, 15) is 4.79 Å². The maximum Gasteiger partial charge on any atom is 0.337 e. The Morgan fingerprint density at radius 1 is 1.05 bits per heavy atom. The molecule has 0 aliphatic carbocycles. The number of anilines is 1. The summed E-state index contributed by atoms with van der Waals surface area (Å²) in [6.07, 6.45) is 0. The summed E-state index contributed by atoms with van der Waals surface area (Å²) in [5, 5.41) is 0. The maximum atomic E-state index is 11.3. The lowest BCUT2D eigenvalue weighted by Gasteiger charge is -2.07. The van der Waals surface area contributed by atoms with Crippen molar-refractivity contribution in [3.8, 4) is 5.75 Å². The van der Waals surface area contributed by atoms with Gasteiger partial charge in [-0.2, -0.15) is 0 Å². The number of nitrogen functional groups attached to an aromatic ring is 1. The summed E-state index contributed by atoms with van der Waals surface area (Å²) < 4.78 is 9.85. The highest BCUT2D eigenvalue weighted by atomic mass is 32.2. The van der Waals surface area contributed by atoms with E-state index in [1.165, 1.54) is 7.11 Å². The van der Waals surface area contributed by atoms with Crippen LogP contribution in [-0.4, -0.2) is 20.2 Å². The first-order valence-corrected chi connectivity index (χ1v) is 6.75. The Morgan fingerprint density at radius 3 is 2.30 bits per heavy atom. The van der Waals surface area contributed by atoms with Gasteiger partial charge in [-0.05, 0) is 42.5 Å². The molecule has 0 aliphatic rings. The molecule has 4 nitrogen and oxygen atoms in total. The van der Waals surface area contributed by atoms with E-state index in [1.54, 1.807) is 31.0 Å². The summed E-state index contributed by atoms with van der Waals surface area (Å²) in [5.74, 6) is 0.317. The van der Waals surface area contributed by atoms with Gasteiger partial charge in [0.05, 0.1) is 25.5 Å². The fourth-order valence-corrected chi connectivity index (χ4v) is 2.51. The highest BCUT2D eigenvalue weighted by Gasteiger charge is 2.06. The summed E-state index contributed by atoms with van der Waals surface area (Å²) in [6.45, 7) is 0. The van der Waals surface area contributed by atoms with Crippen LogP contribution in [0.5, 0.6) is 5.75 Å². The van der Waals surface area contributed by atoms with Crippen LogP contribution in [0.15, 0.2) is 52.3 Å². The Balaban J connectivity index is 2.16. The molecule has 0 aliphatic heterocycles. The van der Waals surface area contributed by atoms with Gasteiger partial charge in [-0.3, -0.25) is 0 Å². The van der Waals surface area contributed by atoms with Crippen molar-refractivity contribution in [2.75, 3.05) is 20.0 Å². The quantitative estimate of drug-likeness (QED) is 0.691. The number of rotatable bonds is 4. The van der Waals surface area contributed by atoms with E-state index in [-0.39, 0.29) is 5.97 Å². The molecule has 0 saturated carbocycles.